The number of rotatable bonds is 5. The number of fused-ring (bicyclic) bond motifs is 3. The van der Waals surface area contributed by atoms with E-state index in [-0.39, 0.29) is 18.6 Å². The van der Waals surface area contributed by atoms with Crippen LogP contribution in [0.25, 0.3) is 0 Å². The molecule has 4 atom stereocenters. The Balaban J connectivity index is 1.62. The van der Waals surface area contributed by atoms with Crippen molar-refractivity contribution in [3.05, 3.63) is 16.0 Å². The van der Waals surface area contributed by atoms with Crippen LogP contribution in [0, 0.1) is 11.8 Å². The number of thiophene rings is 1. The molecule has 2 aliphatic heterocycles. The molecule has 0 spiro atoms. The van der Waals surface area contributed by atoms with Gasteiger partial charge in [0.2, 0.25) is 5.91 Å². The summed E-state index contributed by atoms with van der Waals surface area (Å²) in [4.78, 5) is 38.2. The Morgan fingerprint density at radius 1 is 1.19 bits per heavy atom. The fourth-order valence-electron chi connectivity index (χ4n) is 4.59. The third kappa shape index (κ3) is 3.14. The molecule has 2 N–H and O–H groups in total. The molecule has 0 unspecified atom stereocenters. The molecule has 0 radical (unpaired) electrons. The normalized spacial score (nSPS) is 28.6. The zero-order valence-electron chi connectivity index (χ0n) is 15.2. The van der Waals surface area contributed by atoms with Gasteiger partial charge >= 0.3 is 11.9 Å². The molecule has 27 heavy (non-hydrogen) atoms. The van der Waals surface area contributed by atoms with Gasteiger partial charge in [0.25, 0.3) is 0 Å². The molecule has 2 bridgehead atoms. The van der Waals surface area contributed by atoms with Crippen molar-refractivity contribution in [3.63, 3.8) is 0 Å². The summed E-state index contributed by atoms with van der Waals surface area (Å²) in [6.45, 7) is 2.01. The number of nitrogens with one attached hydrogen (secondary N) is 1. The molecule has 1 aromatic rings. The molecule has 7 nitrogen and oxygen atoms in total. The van der Waals surface area contributed by atoms with Gasteiger partial charge in [-0.15, -0.1) is 11.3 Å². The van der Waals surface area contributed by atoms with E-state index in [2.05, 4.69) is 5.32 Å². The number of amides is 1. The van der Waals surface area contributed by atoms with Crippen molar-refractivity contribution < 1.29 is 29.0 Å². The first-order valence-electron chi connectivity index (χ1n) is 9.52. The van der Waals surface area contributed by atoms with Crippen molar-refractivity contribution in [2.24, 2.45) is 11.8 Å². The van der Waals surface area contributed by atoms with Gasteiger partial charge in [0.05, 0.1) is 36.2 Å². The second-order valence-corrected chi connectivity index (χ2v) is 8.41. The Labute approximate surface area is 161 Å². The van der Waals surface area contributed by atoms with Crippen LogP contribution < -0.4 is 5.32 Å². The first-order valence-corrected chi connectivity index (χ1v) is 10.3. The minimum atomic E-state index is -1.00. The zero-order valence-corrected chi connectivity index (χ0v) is 16.0. The number of carboxylic acids is 1. The Kier molecular flexibility index (Phi) is 4.94. The molecule has 3 aliphatic rings. The van der Waals surface area contributed by atoms with Crippen molar-refractivity contribution >= 4 is 34.2 Å². The van der Waals surface area contributed by atoms with Gasteiger partial charge in [0.15, 0.2) is 0 Å². The highest BCUT2D eigenvalue weighted by Gasteiger charge is 2.55. The summed E-state index contributed by atoms with van der Waals surface area (Å²) < 4.78 is 10.9. The van der Waals surface area contributed by atoms with Crippen LogP contribution in [0.3, 0.4) is 0 Å². The quantitative estimate of drug-likeness (QED) is 0.746. The summed E-state index contributed by atoms with van der Waals surface area (Å²) in [5.41, 5.74) is 1.42. The van der Waals surface area contributed by atoms with Gasteiger partial charge in [-0.25, -0.2) is 4.79 Å². The van der Waals surface area contributed by atoms with Crippen LogP contribution >= 0.6 is 11.3 Å². The first kappa shape index (κ1) is 18.4. The number of esters is 1. The Morgan fingerprint density at radius 2 is 1.89 bits per heavy atom. The topological polar surface area (TPSA) is 102 Å². The van der Waals surface area contributed by atoms with E-state index < -0.39 is 29.9 Å². The van der Waals surface area contributed by atoms with Crippen LogP contribution in [-0.2, 0) is 31.9 Å². The average molecular weight is 393 g/mol. The lowest BCUT2D eigenvalue weighted by Crippen LogP contribution is -2.41. The number of hydrogen-bond acceptors (Lipinski definition) is 6. The lowest BCUT2D eigenvalue weighted by molar-refractivity contribution is -0.147. The van der Waals surface area contributed by atoms with Crippen LogP contribution in [-0.4, -0.2) is 41.8 Å². The van der Waals surface area contributed by atoms with Crippen LogP contribution in [0.5, 0.6) is 0 Å². The van der Waals surface area contributed by atoms with Gasteiger partial charge in [-0.3, -0.25) is 9.59 Å². The summed E-state index contributed by atoms with van der Waals surface area (Å²) in [7, 11) is 0. The van der Waals surface area contributed by atoms with Crippen molar-refractivity contribution in [1.29, 1.82) is 0 Å². The van der Waals surface area contributed by atoms with E-state index in [0.29, 0.717) is 23.4 Å². The molecule has 0 saturated carbocycles. The highest BCUT2D eigenvalue weighted by Crippen LogP contribution is 2.45. The van der Waals surface area contributed by atoms with E-state index in [1.807, 2.05) is 0 Å². The van der Waals surface area contributed by atoms with Crippen molar-refractivity contribution in [2.75, 3.05) is 11.9 Å². The first-order chi connectivity index (χ1) is 13.0. The average Bonchev–Trinajstić information content (AvgIpc) is 3.33. The fourth-order valence-corrected chi connectivity index (χ4v) is 5.87. The van der Waals surface area contributed by atoms with E-state index >= 15 is 0 Å². The van der Waals surface area contributed by atoms with Gasteiger partial charge in [0, 0.05) is 4.88 Å². The molecule has 1 aromatic heterocycles. The Morgan fingerprint density at radius 3 is 2.59 bits per heavy atom. The molecule has 2 fully saturated rings. The number of anilines is 1. The number of carbonyl (C=O) groups excluding carboxylic acids is 2. The second kappa shape index (κ2) is 7.24. The molecule has 8 heteroatoms. The van der Waals surface area contributed by atoms with E-state index in [4.69, 9.17) is 9.47 Å². The second-order valence-electron chi connectivity index (χ2n) is 7.30. The molecular formula is C19H23NO6S. The molecular weight excluding hydrogens is 370 g/mol. The third-order valence-corrected chi connectivity index (χ3v) is 6.96. The summed E-state index contributed by atoms with van der Waals surface area (Å²) in [5.74, 6) is -3.36. The highest BCUT2D eigenvalue weighted by molar-refractivity contribution is 7.17. The molecule has 4 rings (SSSR count). The van der Waals surface area contributed by atoms with Gasteiger partial charge in [-0.2, -0.15) is 0 Å². The molecule has 2 saturated heterocycles. The zero-order chi connectivity index (χ0) is 19.1. The van der Waals surface area contributed by atoms with Crippen molar-refractivity contribution in [2.45, 2.75) is 57.7 Å². The summed E-state index contributed by atoms with van der Waals surface area (Å²) in [6, 6.07) is 0. The largest absolute Gasteiger partial charge is 0.481 e. The van der Waals surface area contributed by atoms with Crippen LogP contribution in [0.4, 0.5) is 5.00 Å². The number of aliphatic carboxylic acids is 1. The van der Waals surface area contributed by atoms with Gasteiger partial charge in [-0.1, -0.05) is 0 Å². The number of hydrogen-bond donors (Lipinski definition) is 2. The van der Waals surface area contributed by atoms with Crippen molar-refractivity contribution in [3.8, 4) is 0 Å². The van der Waals surface area contributed by atoms with E-state index in [0.717, 1.165) is 36.1 Å². The van der Waals surface area contributed by atoms with E-state index in [1.54, 1.807) is 6.92 Å². The number of ether oxygens (including phenoxy) is 2. The van der Waals surface area contributed by atoms with Gasteiger partial charge < -0.3 is 19.9 Å². The number of carbonyl (C=O) groups is 3. The Hall–Kier alpha value is -1.93. The fraction of sp³-hybridized carbons (Fsp3) is 0.632. The van der Waals surface area contributed by atoms with Crippen LogP contribution in [0.15, 0.2) is 0 Å². The maximum absolute atomic E-state index is 13.0. The standard InChI is InChI=1S/C19H23NO6S/c1-2-25-19(24)13-9-5-3-4-6-12(9)27-17(13)20-16(21)14-10-7-8-11(26-10)15(14)18(22)23/h10-11,14-15H,2-8H2,1H3,(H,20,21)(H,22,23)/t10-,11+,14+,15-/m0/s1. The van der Waals surface area contributed by atoms with E-state index in [1.165, 1.54) is 11.3 Å². The minimum Gasteiger partial charge on any atom is -0.481 e. The third-order valence-electron chi connectivity index (χ3n) is 5.75. The molecule has 1 aliphatic carbocycles. The summed E-state index contributed by atoms with van der Waals surface area (Å²) in [6.07, 6.45) is 4.35. The maximum atomic E-state index is 13.0. The predicted molar refractivity (Wildman–Crippen MR) is 98.1 cm³/mol. The SMILES string of the molecule is CCOC(=O)c1c(NC(=O)[C@H]2[C@@H](C(=O)O)[C@H]3CC[C@@H]2O3)sc2c1CCCC2. The monoisotopic (exact) mass is 393 g/mol. The van der Waals surface area contributed by atoms with E-state index in [9.17, 15) is 19.5 Å². The van der Waals surface area contributed by atoms with Gasteiger partial charge in [-0.05, 0) is 51.0 Å². The summed E-state index contributed by atoms with van der Waals surface area (Å²) >= 11 is 1.41. The lowest BCUT2D eigenvalue weighted by atomic mass is 9.78. The molecule has 146 valence electrons. The van der Waals surface area contributed by atoms with Gasteiger partial charge in [0.1, 0.15) is 5.00 Å². The number of carboxylic acid groups (broad SMARTS) is 1. The van der Waals surface area contributed by atoms with Crippen molar-refractivity contribution in [1.82, 2.24) is 0 Å². The van der Waals surface area contributed by atoms with Crippen LogP contribution in [0.2, 0.25) is 0 Å². The maximum Gasteiger partial charge on any atom is 0.341 e. The van der Waals surface area contributed by atoms with Crippen LogP contribution in [0.1, 0.15) is 53.4 Å². The summed E-state index contributed by atoms with van der Waals surface area (Å²) in [5, 5.41) is 12.9. The number of aryl methyl sites for hydroxylation is 1. The predicted octanol–water partition coefficient (Wildman–Crippen LogP) is 2.62. The smallest absolute Gasteiger partial charge is 0.341 e. The molecule has 0 aromatic carbocycles. The highest BCUT2D eigenvalue weighted by atomic mass is 32.1. The molecule has 3 heterocycles. The molecule has 1 amide bonds. The minimum absolute atomic E-state index is 0.262. The Bertz CT molecular complexity index is 787. The lowest BCUT2D eigenvalue weighted by Gasteiger charge is -2.23.